The minimum atomic E-state index is 0.146. The number of aromatic nitrogens is 2. The first-order chi connectivity index (χ1) is 10.1. The van der Waals surface area contributed by atoms with Gasteiger partial charge in [-0.1, -0.05) is 31.2 Å². The summed E-state index contributed by atoms with van der Waals surface area (Å²) in [5, 5.41) is 3.33. The molecule has 4 heteroatoms. The molecule has 1 heterocycles. The topological polar surface area (TPSA) is 47.0 Å². The molecule has 0 bridgehead atoms. The van der Waals surface area contributed by atoms with Gasteiger partial charge in [-0.25, -0.2) is 4.98 Å². The fraction of sp³-hybridized carbons (Fsp3) is 0.412. The molecule has 0 saturated carbocycles. The van der Waals surface area contributed by atoms with Gasteiger partial charge < -0.3 is 10.1 Å². The molecule has 1 aromatic heterocycles. The fourth-order valence-electron chi connectivity index (χ4n) is 2.15. The number of ether oxygens (including phenoxy) is 1. The Labute approximate surface area is 126 Å². The maximum atomic E-state index is 5.45. The van der Waals surface area contributed by atoms with Crippen molar-refractivity contribution in [1.82, 2.24) is 9.97 Å². The molecule has 1 unspecified atom stereocenters. The Kier molecular flexibility index (Phi) is 5.14. The summed E-state index contributed by atoms with van der Waals surface area (Å²) in [5.74, 6) is 1.21. The second-order valence-electron chi connectivity index (χ2n) is 5.07. The standard InChI is InChI=1S/C17H23N3O/c1-5-14-7-9-15(10-8-14)13(4)19-17-18-12(3)11-16(20-17)21-6-2/h7-11,13H,5-6H2,1-4H3,(H,18,19,20). The Morgan fingerprint density at radius 3 is 2.48 bits per heavy atom. The summed E-state index contributed by atoms with van der Waals surface area (Å²) < 4.78 is 5.45. The van der Waals surface area contributed by atoms with Gasteiger partial charge in [0.1, 0.15) is 0 Å². The number of rotatable bonds is 6. The molecule has 0 spiro atoms. The van der Waals surface area contributed by atoms with Gasteiger partial charge >= 0.3 is 0 Å². The van der Waals surface area contributed by atoms with Crippen molar-refractivity contribution in [1.29, 1.82) is 0 Å². The van der Waals surface area contributed by atoms with Gasteiger partial charge in [0.25, 0.3) is 0 Å². The van der Waals surface area contributed by atoms with Crippen LogP contribution < -0.4 is 10.1 Å². The van der Waals surface area contributed by atoms with Crippen LogP contribution in [0.4, 0.5) is 5.95 Å². The molecular weight excluding hydrogens is 262 g/mol. The van der Waals surface area contributed by atoms with Gasteiger partial charge in [-0.2, -0.15) is 4.98 Å². The van der Waals surface area contributed by atoms with E-state index in [1.54, 1.807) is 0 Å². The molecule has 21 heavy (non-hydrogen) atoms. The molecule has 0 aliphatic rings. The Bertz CT molecular complexity index is 581. The molecule has 2 rings (SSSR count). The predicted octanol–water partition coefficient (Wildman–Crippen LogP) is 3.92. The van der Waals surface area contributed by atoms with Crippen LogP contribution in [-0.4, -0.2) is 16.6 Å². The number of nitrogens with one attached hydrogen (secondary N) is 1. The maximum absolute atomic E-state index is 5.45. The highest BCUT2D eigenvalue weighted by atomic mass is 16.5. The van der Waals surface area contributed by atoms with Crippen LogP contribution in [0.5, 0.6) is 5.88 Å². The van der Waals surface area contributed by atoms with E-state index < -0.39 is 0 Å². The molecule has 1 N–H and O–H groups in total. The SMILES string of the molecule is CCOc1cc(C)nc(NC(C)c2ccc(CC)cc2)n1. The van der Waals surface area contributed by atoms with Crippen LogP contribution in [0.25, 0.3) is 0 Å². The number of benzene rings is 1. The molecule has 2 aromatic rings. The van der Waals surface area contributed by atoms with Crippen LogP contribution in [0.2, 0.25) is 0 Å². The van der Waals surface area contributed by atoms with Crippen molar-refractivity contribution in [2.75, 3.05) is 11.9 Å². The van der Waals surface area contributed by atoms with Crippen molar-refractivity contribution < 1.29 is 4.74 Å². The highest BCUT2D eigenvalue weighted by molar-refractivity contribution is 5.35. The zero-order valence-electron chi connectivity index (χ0n) is 13.2. The van der Waals surface area contributed by atoms with Gasteiger partial charge in [0, 0.05) is 11.8 Å². The monoisotopic (exact) mass is 285 g/mol. The lowest BCUT2D eigenvalue weighted by Gasteiger charge is -2.15. The molecule has 112 valence electrons. The summed E-state index contributed by atoms with van der Waals surface area (Å²) in [7, 11) is 0. The van der Waals surface area contributed by atoms with Crippen LogP contribution in [0.1, 0.15) is 43.6 Å². The molecule has 0 fully saturated rings. The van der Waals surface area contributed by atoms with Gasteiger partial charge in [-0.15, -0.1) is 0 Å². The molecule has 0 radical (unpaired) electrons. The lowest BCUT2D eigenvalue weighted by Crippen LogP contribution is -2.10. The highest BCUT2D eigenvalue weighted by Gasteiger charge is 2.09. The van der Waals surface area contributed by atoms with E-state index in [0.29, 0.717) is 18.4 Å². The average Bonchev–Trinajstić information content (AvgIpc) is 2.47. The van der Waals surface area contributed by atoms with E-state index in [4.69, 9.17) is 4.74 Å². The second kappa shape index (κ2) is 7.07. The Morgan fingerprint density at radius 2 is 1.86 bits per heavy atom. The summed E-state index contributed by atoms with van der Waals surface area (Å²) >= 11 is 0. The number of anilines is 1. The number of nitrogens with zero attached hydrogens (tertiary/aromatic N) is 2. The van der Waals surface area contributed by atoms with Gasteiger partial charge in [0.2, 0.25) is 11.8 Å². The van der Waals surface area contributed by atoms with E-state index in [-0.39, 0.29) is 6.04 Å². The number of hydrogen-bond donors (Lipinski definition) is 1. The molecule has 1 aromatic carbocycles. The summed E-state index contributed by atoms with van der Waals surface area (Å²) in [5.41, 5.74) is 3.45. The van der Waals surface area contributed by atoms with Gasteiger partial charge in [-0.3, -0.25) is 0 Å². The quantitative estimate of drug-likeness (QED) is 0.874. The third kappa shape index (κ3) is 4.18. The zero-order chi connectivity index (χ0) is 15.2. The molecular formula is C17H23N3O. The van der Waals surface area contributed by atoms with E-state index in [9.17, 15) is 0 Å². The zero-order valence-corrected chi connectivity index (χ0v) is 13.2. The summed E-state index contributed by atoms with van der Waals surface area (Å²) in [6.07, 6.45) is 1.06. The van der Waals surface area contributed by atoms with Gasteiger partial charge in [-0.05, 0) is 38.3 Å². The molecule has 0 amide bonds. The van der Waals surface area contributed by atoms with Gasteiger partial charge in [0.15, 0.2) is 0 Å². The van der Waals surface area contributed by atoms with Crippen LogP contribution in [-0.2, 0) is 6.42 Å². The average molecular weight is 285 g/mol. The summed E-state index contributed by atoms with van der Waals surface area (Å²) in [6, 6.07) is 10.6. The normalized spacial score (nSPS) is 12.0. The Hall–Kier alpha value is -2.10. The Balaban J connectivity index is 2.12. The molecule has 1 atom stereocenters. The van der Waals surface area contributed by atoms with Crippen molar-refractivity contribution >= 4 is 5.95 Å². The van der Waals surface area contributed by atoms with Crippen LogP contribution in [0.15, 0.2) is 30.3 Å². The largest absolute Gasteiger partial charge is 0.478 e. The fourth-order valence-corrected chi connectivity index (χ4v) is 2.15. The van der Waals surface area contributed by atoms with Crippen molar-refractivity contribution in [3.63, 3.8) is 0 Å². The van der Waals surface area contributed by atoms with Crippen molar-refractivity contribution in [3.8, 4) is 5.88 Å². The van der Waals surface area contributed by atoms with Crippen molar-refractivity contribution in [2.24, 2.45) is 0 Å². The van der Waals surface area contributed by atoms with Crippen LogP contribution in [0, 0.1) is 6.92 Å². The first-order valence-electron chi connectivity index (χ1n) is 7.46. The van der Waals surface area contributed by atoms with Gasteiger partial charge in [0.05, 0.1) is 12.6 Å². The molecule has 0 aliphatic heterocycles. The van der Waals surface area contributed by atoms with Crippen LogP contribution in [0.3, 0.4) is 0 Å². The molecule has 0 saturated heterocycles. The third-order valence-corrected chi connectivity index (χ3v) is 3.36. The lowest BCUT2D eigenvalue weighted by atomic mass is 10.1. The third-order valence-electron chi connectivity index (χ3n) is 3.36. The van der Waals surface area contributed by atoms with Crippen molar-refractivity contribution in [3.05, 3.63) is 47.2 Å². The summed E-state index contributed by atoms with van der Waals surface area (Å²) in [6.45, 7) is 8.75. The van der Waals surface area contributed by atoms with E-state index in [1.807, 2.05) is 19.9 Å². The first kappa shape index (κ1) is 15.3. The van der Waals surface area contributed by atoms with E-state index in [1.165, 1.54) is 11.1 Å². The minimum Gasteiger partial charge on any atom is -0.478 e. The van der Waals surface area contributed by atoms with E-state index in [0.717, 1.165) is 12.1 Å². The second-order valence-corrected chi connectivity index (χ2v) is 5.07. The minimum absolute atomic E-state index is 0.146. The predicted molar refractivity (Wildman–Crippen MR) is 85.8 cm³/mol. The smallest absolute Gasteiger partial charge is 0.226 e. The first-order valence-corrected chi connectivity index (χ1v) is 7.46. The molecule has 0 aliphatic carbocycles. The molecule has 4 nitrogen and oxygen atoms in total. The summed E-state index contributed by atoms with van der Waals surface area (Å²) in [4.78, 5) is 8.79. The lowest BCUT2D eigenvalue weighted by molar-refractivity contribution is 0.326. The van der Waals surface area contributed by atoms with Crippen molar-refractivity contribution in [2.45, 2.75) is 40.2 Å². The van der Waals surface area contributed by atoms with Crippen LogP contribution >= 0.6 is 0 Å². The Morgan fingerprint density at radius 1 is 1.14 bits per heavy atom. The maximum Gasteiger partial charge on any atom is 0.226 e. The number of aryl methyl sites for hydroxylation is 2. The van der Waals surface area contributed by atoms with E-state index >= 15 is 0 Å². The van der Waals surface area contributed by atoms with E-state index in [2.05, 4.69) is 53.4 Å². The highest BCUT2D eigenvalue weighted by Crippen LogP contribution is 2.19. The number of hydrogen-bond acceptors (Lipinski definition) is 4.